The molecule has 0 aliphatic heterocycles. The Balaban J connectivity index is 2.04. The Labute approximate surface area is 148 Å². The first-order chi connectivity index (χ1) is 11.9. The lowest BCUT2D eigenvalue weighted by atomic mass is 10.2. The van der Waals surface area contributed by atoms with Gasteiger partial charge in [-0.25, -0.2) is 4.79 Å². The van der Waals surface area contributed by atoms with Gasteiger partial charge in [-0.05, 0) is 26.3 Å². The predicted molar refractivity (Wildman–Crippen MR) is 93.7 cm³/mol. The molecule has 0 radical (unpaired) electrons. The van der Waals surface area contributed by atoms with E-state index in [0.29, 0.717) is 18.2 Å². The van der Waals surface area contributed by atoms with E-state index >= 15 is 0 Å². The second-order valence-electron chi connectivity index (χ2n) is 6.50. The van der Waals surface area contributed by atoms with E-state index < -0.39 is 12.2 Å². The molecule has 2 rings (SSSR count). The fraction of sp³-hybridized carbons (Fsp3) is 0.500. The number of carbonyl (C=O) groups excluding carboxylic acids is 1. The van der Waals surface area contributed by atoms with Crippen molar-refractivity contribution in [1.82, 2.24) is 25.3 Å². The summed E-state index contributed by atoms with van der Waals surface area (Å²) in [6, 6.07) is 9.80. The van der Waals surface area contributed by atoms with Crippen molar-refractivity contribution in [2.75, 3.05) is 0 Å². The first kappa shape index (κ1) is 18.8. The van der Waals surface area contributed by atoms with Crippen LogP contribution in [0.3, 0.4) is 0 Å². The molecule has 0 fully saturated rings. The van der Waals surface area contributed by atoms with Gasteiger partial charge in [0.15, 0.2) is 11.9 Å². The summed E-state index contributed by atoms with van der Waals surface area (Å²) in [5.41, 5.74) is 1.04. The highest BCUT2D eigenvalue weighted by molar-refractivity contribution is 5.68. The molecule has 1 atom stereocenters. The van der Waals surface area contributed by atoms with Gasteiger partial charge in [-0.15, -0.1) is 20.4 Å². The Bertz CT molecular complexity index is 674. The smallest absolute Gasteiger partial charge is 0.411 e. The SMILES string of the molecule is CC(C)c1nnc(C(C)OC(=O)N(Cc2ccccc2)C(C)C)nn1. The number of ether oxygens (including phenoxy) is 1. The van der Waals surface area contributed by atoms with Crippen LogP contribution in [0.1, 0.15) is 63.9 Å². The van der Waals surface area contributed by atoms with E-state index in [9.17, 15) is 4.79 Å². The Hall–Kier alpha value is -2.57. The van der Waals surface area contributed by atoms with Crippen molar-refractivity contribution in [3.8, 4) is 0 Å². The lowest BCUT2D eigenvalue weighted by Gasteiger charge is -2.27. The van der Waals surface area contributed by atoms with Crippen molar-refractivity contribution in [2.24, 2.45) is 0 Å². The zero-order valence-corrected chi connectivity index (χ0v) is 15.4. The topological polar surface area (TPSA) is 81.1 Å². The Morgan fingerprint density at radius 2 is 1.52 bits per heavy atom. The normalized spacial score (nSPS) is 12.3. The third-order valence-electron chi connectivity index (χ3n) is 3.72. The molecule has 1 heterocycles. The summed E-state index contributed by atoms with van der Waals surface area (Å²) >= 11 is 0. The molecule has 7 nitrogen and oxygen atoms in total. The molecule has 134 valence electrons. The second-order valence-corrected chi connectivity index (χ2v) is 6.50. The molecule has 0 spiro atoms. The van der Waals surface area contributed by atoms with Crippen molar-refractivity contribution in [3.05, 3.63) is 47.5 Å². The molecule has 1 unspecified atom stereocenters. The van der Waals surface area contributed by atoms with E-state index in [1.807, 2.05) is 58.0 Å². The number of hydrogen-bond acceptors (Lipinski definition) is 6. The zero-order chi connectivity index (χ0) is 18.4. The van der Waals surface area contributed by atoms with Crippen LogP contribution in [0.2, 0.25) is 0 Å². The van der Waals surface area contributed by atoms with E-state index in [4.69, 9.17) is 4.74 Å². The molecule has 0 saturated heterocycles. The molecule has 1 aromatic carbocycles. The van der Waals surface area contributed by atoms with Gasteiger partial charge in [0.25, 0.3) is 0 Å². The minimum Gasteiger partial charge on any atom is -0.438 e. The van der Waals surface area contributed by atoms with Gasteiger partial charge in [0.1, 0.15) is 0 Å². The maximum Gasteiger partial charge on any atom is 0.411 e. The van der Waals surface area contributed by atoms with Gasteiger partial charge in [-0.1, -0.05) is 44.2 Å². The Kier molecular flexibility index (Phi) is 6.38. The molecule has 25 heavy (non-hydrogen) atoms. The molecule has 7 heteroatoms. The lowest BCUT2D eigenvalue weighted by Crippen LogP contribution is -2.37. The number of hydrogen-bond donors (Lipinski definition) is 0. The standard InChI is InChI=1S/C18H25N5O2/c1-12(2)16-19-21-17(22-20-16)14(5)25-18(24)23(13(3)4)11-15-9-7-6-8-10-15/h6-10,12-14H,11H2,1-5H3. The third kappa shape index (κ3) is 5.20. The summed E-state index contributed by atoms with van der Waals surface area (Å²) in [7, 11) is 0. The fourth-order valence-electron chi connectivity index (χ4n) is 2.15. The molecule has 1 amide bonds. The summed E-state index contributed by atoms with van der Waals surface area (Å²) in [6.07, 6.45) is -1.03. The molecule has 2 aromatic rings. The zero-order valence-electron chi connectivity index (χ0n) is 15.4. The van der Waals surface area contributed by atoms with Crippen LogP contribution in [-0.4, -0.2) is 37.4 Å². The highest BCUT2D eigenvalue weighted by Gasteiger charge is 2.23. The van der Waals surface area contributed by atoms with Crippen LogP contribution in [0.4, 0.5) is 4.79 Å². The Morgan fingerprint density at radius 3 is 2.04 bits per heavy atom. The number of benzene rings is 1. The van der Waals surface area contributed by atoms with Crippen molar-refractivity contribution in [3.63, 3.8) is 0 Å². The third-order valence-corrected chi connectivity index (χ3v) is 3.72. The predicted octanol–water partition coefficient (Wildman–Crippen LogP) is 3.50. The van der Waals surface area contributed by atoms with Crippen LogP contribution >= 0.6 is 0 Å². The maximum absolute atomic E-state index is 12.6. The van der Waals surface area contributed by atoms with Gasteiger partial charge in [0.2, 0.25) is 5.82 Å². The molecular formula is C18H25N5O2. The summed E-state index contributed by atoms with van der Waals surface area (Å²) in [5, 5.41) is 16.1. The molecular weight excluding hydrogens is 318 g/mol. The molecule has 0 bridgehead atoms. The van der Waals surface area contributed by atoms with Crippen LogP contribution in [0.25, 0.3) is 0 Å². The molecule has 0 saturated carbocycles. The summed E-state index contributed by atoms with van der Waals surface area (Å²) < 4.78 is 5.51. The summed E-state index contributed by atoms with van der Waals surface area (Å²) in [4.78, 5) is 14.2. The first-order valence-corrected chi connectivity index (χ1v) is 8.46. The average Bonchev–Trinajstić information content (AvgIpc) is 2.60. The van der Waals surface area contributed by atoms with Gasteiger partial charge >= 0.3 is 6.09 Å². The summed E-state index contributed by atoms with van der Waals surface area (Å²) in [5.74, 6) is 1.01. The van der Waals surface area contributed by atoms with E-state index in [0.717, 1.165) is 5.56 Å². The molecule has 1 aromatic heterocycles. The van der Waals surface area contributed by atoms with E-state index in [1.165, 1.54) is 0 Å². The fourth-order valence-corrected chi connectivity index (χ4v) is 2.15. The number of carbonyl (C=O) groups is 1. The average molecular weight is 343 g/mol. The lowest BCUT2D eigenvalue weighted by molar-refractivity contribution is 0.0545. The van der Waals surface area contributed by atoms with Crippen molar-refractivity contribution >= 4 is 6.09 Å². The molecule has 0 aliphatic rings. The number of rotatable bonds is 6. The minimum atomic E-state index is -0.620. The van der Waals surface area contributed by atoms with Gasteiger partial charge in [-0.2, -0.15) is 0 Å². The largest absolute Gasteiger partial charge is 0.438 e. The van der Waals surface area contributed by atoms with Crippen LogP contribution in [-0.2, 0) is 11.3 Å². The van der Waals surface area contributed by atoms with Gasteiger partial charge < -0.3 is 9.64 Å². The van der Waals surface area contributed by atoms with E-state index in [1.54, 1.807) is 11.8 Å². The van der Waals surface area contributed by atoms with Crippen molar-refractivity contribution in [1.29, 1.82) is 0 Å². The van der Waals surface area contributed by atoms with Crippen LogP contribution in [0.15, 0.2) is 30.3 Å². The van der Waals surface area contributed by atoms with E-state index in [2.05, 4.69) is 20.4 Å². The van der Waals surface area contributed by atoms with Crippen molar-refractivity contribution < 1.29 is 9.53 Å². The second kappa shape index (κ2) is 8.50. The number of amides is 1. The summed E-state index contributed by atoms with van der Waals surface area (Å²) in [6.45, 7) is 10.0. The number of aromatic nitrogens is 4. The van der Waals surface area contributed by atoms with Gasteiger partial charge in [0, 0.05) is 18.5 Å². The number of nitrogens with zero attached hydrogens (tertiary/aromatic N) is 5. The van der Waals surface area contributed by atoms with Crippen LogP contribution in [0.5, 0.6) is 0 Å². The van der Waals surface area contributed by atoms with Crippen LogP contribution < -0.4 is 0 Å². The highest BCUT2D eigenvalue weighted by atomic mass is 16.6. The van der Waals surface area contributed by atoms with Crippen LogP contribution in [0, 0.1) is 0 Å². The Morgan fingerprint density at radius 1 is 0.960 bits per heavy atom. The molecule has 0 aliphatic carbocycles. The van der Waals surface area contributed by atoms with Crippen molar-refractivity contribution in [2.45, 2.75) is 59.2 Å². The van der Waals surface area contributed by atoms with E-state index in [-0.39, 0.29) is 12.0 Å². The highest BCUT2D eigenvalue weighted by Crippen LogP contribution is 2.16. The molecule has 0 N–H and O–H groups in total. The quantitative estimate of drug-likeness (QED) is 0.798. The maximum atomic E-state index is 12.6. The monoisotopic (exact) mass is 343 g/mol. The van der Waals surface area contributed by atoms with Gasteiger partial charge in [0.05, 0.1) is 0 Å². The minimum absolute atomic E-state index is 0.000362. The first-order valence-electron chi connectivity index (χ1n) is 8.46. The van der Waals surface area contributed by atoms with Gasteiger partial charge in [-0.3, -0.25) is 0 Å².